The maximum Gasteiger partial charge on any atom is 0.279 e. The Labute approximate surface area is 156 Å². The van der Waals surface area contributed by atoms with Crippen molar-refractivity contribution in [2.75, 3.05) is 7.11 Å². The summed E-state index contributed by atoms with van der Waals surface area (Å²) in [6.07, 6.45) is 2.04. The van der Waals surface area contributed by atoms with Gasteiger partial charge in [0.05, 0.1) is 12.8 Å². The van der Waals surface area contributed by atoms with Crippen molar-refractivity contribution < 1.29 is 9.53 Å². The van der Waals surface area contributed by atoms with E-state index in [0.29, 0.717) is 11.3 Å². The smallest absolute Gasteiger partial charge is 0.279 e. The molecule has 1 aromatic heterocycles. The average Bonchev–Trinajstić information content (AvgIpc) is 3.05. The first-order valence-corrected chi connectivity index (χ1v) is 9.56. The fraction of sp³-hybridized carbons (Fsp3) is 0.238. The molecule has 1 aliphatic carbocycles. The summed E-state index contributed by atoms with van der Waals surface area (Å²) in [4.78, 5) is 19.2. The lowest BCUT2D eigenvalue weighted by Crippen LogP contribution is -2.18. The van der Waals surface area contributed by atoms with Crippen LogP contribution < -0.4 is 9.54 Å². The molecule has 3 aromatic rings. The summed E-state index contributed by atoms with van der Waals surface area (Å²) in [6.45, 7) is 2.88. The van der Waals surface area contributed by atoms with E-state index < -0.39 is 0 Å². The second-order valence-corrected chi connectivity index (χ2v) is 7.27. The minimum atomic E-state index is -0.238. The van der Waals surface area contributed by atoms with Gasteiger partial charge >= 0.3 is 0 Å². The number of nitrogens with zero attached hydrogens (tertiary/aromatic N) is 2. The van der Waals surface area contributed by atoms with Crippen molar-refractivity contribution in [1.29, 1.82) is 0 Å². The molecule has 0 spiro atoms. The maximum absolute atomic E-state index is 12.7. The Hall–Kier alpha value is -2.66. The van der Waals surface area contributed by atoms with Gasteiger partial charge in [0.1, 0.15) is 5.75 Å². The number of ether oxygens (including phenoxy) is 1. The Balaban J connectivity index is 1.82. The largest absolute Gasteiger partial charge is 0.497 e. The first-order chi connectivity index (χ1) is 12.7. The molecule has 132 valence electrons. The first-order valence-electron chi connectivity index (χ1n) is 8.75. The standard InChI is InChI=1S/C21H20N2O2S/c1-3-23-19-17-10-5-4-7-14(17)11-12-18(19)26-21(23)22-20(24)15-8-6-9-16(13-15)25-2/h4-10,13H,3,11-12H2,1-2H3. The average molecular weight is 364 g/mol. The molecule has 0 saturated heterocycles. The number of aromatic nitrogens is 1. The maximum atomic E-state index is 12.7. The van der Waals surface area contributed by atoms with Crippen LogP contribution in [0.5, 0.6) is 5.75 Å². The van der Waals surface area contributed by atoms with Crippen LogP contribution in [0.25, 0.3) is 11.3 Å². The molecule has 1 heterocycles. The molecule has 0 unspecified atom stereocenters. The van der Waals surface area contributed by atoms with E-state index in [1.165, 1.54) is 21.7 Å². The van der Waals surface area contributed by atoms with Gasteiger partial charge < -0.3 is 9.30 Å². The van der Waals surface area contributed by atoms with Gasteiger partial charge in [-0.1, -0.05) is 30.3 Å². The molecule has 4 rings (SSSR count). The zero-order valence-electron chi connectivity index (χ0n) is 14.9. The second-order valence-electron chi connectivity index (χ2n) is 6.21. The number of amides is 1. The predicted octanol–water partition coefficient (Wildman–Crippen LogP) is 4.08. The van der Waals surface area contributed by atoms with Crippen LogP contribution in [0.15, 0.2) is 53.5 Å². The number of thiazole rings is 1. The van der Waals surface area contributed by atoms with Crippen molar-refractivity contribution in [3.05, 3.63) is 69.3 Å². The summed E-state index contributed by atoms with van der Waals surface area (Å²) >= 11 is 1.63. The minimum Gasteiger partial charge on any atom is -0.497 e. The normalized spacial score (nSPS) is 13.2. The number of fused-ring (bicyclic) bond motifs is 3. The minimum absolute atomic E-state index is 0.238. The number of carbonyl (C=O) groups is 1. The molecule has 2 aromatic carbocycles. The SMILES string of the molecule is CCn1c2c(sc1=NC(=O)c1cccc(OC)c1)CCc1ccccc1-2. The van der Waals surface area contributed by atoms with Crippen LogP contribution in [-0.2, 0) is 19.4 Å². The van der Waals surface area contributed by atoms with Crippen molar-refractivity contribution in [1.82, 2.24) is 4.57 Å². The molecular formula is C21H20N2O2S. The van der Waals surface area contributed by atoms with Crippen molar-refractivity contribution in [2.24, 2.45) is 4.99 Å². The lowest BCUT2D eigenvalue weighted by atomic mass is 9.93. The molecule has 0 aliphatic heterocycles. The lowest BCUT2D eigenvalue weighted by molar-refractivity contribution is 0.0997. The highest BCUT2D eigenvalue weighted by atomic mass is 32.1. The fourth-order valence-corrected chi connectivity index (χ4v) is 4.63. The van der Waals surface area contributed by atoms with Crippen LogP contribution in [0.1, 0.15) is 27.7 Å². The highest BCUT2D eigenvalue weighted by Gasteiger charge is 2.22. The van der Waals surface area contributed by atoms with Gasteiger partial charge in [0.2, 0.25) is 0 Å². The first kappa shape index (κ1) is 16.8. The second kappa shape index (κ2) is 6.92. The van der Waals surface area contributed by atoms with Gasteiger partial charge in [0.15, 0.2) is 4.80 Å². The van der Waals surface area contributed by atoms with Gasteiger partial charge in [0.25, 0.3) is 5.91 Å². The van der Waals surface area contributed by atoms with Crippen LogP contribution >= 0.6 is 11.3 Å². The summed E-state index contributed by atoms with van der Waals surface area (Å²) in [5, 5.41) is 0. The molecule has 0 saturated carbocycles. The van der Waals surface area contributed by atoms with Gasteiger partial charge in [0, 0.05) is 22.5 Å². The Morgan fingerprint density at radius 2 is 2.04 bits per heavy atom. The van der Waals surface area contributed by atoms with Gasteiger partial charge in [-0.2, -0.15) is 4.99 Å². The molecule has 0 atom stereocenters. The van der Waals surface area contributed by atoms with Crippen molar-refractivity contribution in [2.45, 2.75) is 26.3 Å². The highest BCUT2D eigenvalue weighted by Crippen LogP contribution is 2.34. The van der Waals surface area contributed by atoms with Gasteiger partial charge in [-0.15, -0.1) is 11.3 Å². The topological polar surface area (TPSA) is 43.6 Å². The molecule has 26 heavy (non-hydrogen) atoms. The Morgan fingerprint density at radius 3 is 2.85 bits per heavy atom. The van der Waals surface area contributed by atoms with Gasteiger partial charge in [-0.05, 0) is 43.5 Å². The molecule has 1 aliphatic rings. The number of carbonyl (C=O) groups excluding carboxylic acids is 1. The van der Waals surface area contributed by atoms with Crippen LogP contribution in [0.3, 0.4) is 0 Å². The predicted molar refractivity (Wildman–Crippen MR) is 104 cm³/mol. The number of benzene rings is 2. The Morgan fingerprint density at radius 1 is 1.19 bits per heavy atom. The van der Waals surface area contributed by atoms with Crippen molar-refractivity contribution >= 4 is 17.2 Å². The molecule has 4 nitrogen and oxygen atoms in total. The van der Waals surface area contributed by atoms with Crippen molar-refractivity contribution in [3.63, 3.8) is 0 Å². The fourth-order valence-electron chi connectivity index (χ4n) is 3.43. The number of methoxy groups -OCH3 is 1. The van der Waals surface area contributed by atoms with E-state index in [1.54, 1.807) is 30.6 Å². The number of hydrogen-bond acceptors (Lipinski definition) is 3. The third-order valence-corrected chi connectivity index (χ3v) is 5.84. The molecule has 1 amide bonds. The van der Waals surface area contributed by atoms with Crippen LogP contribution in [-0.4, -0.2) is 17.6 Å². The van der Waals surface area contributed by atoms with E-state index in [-0.39, 0.29) is 5.91 Å². The van der Waals surface area contributed by atoms with Crippen LogP contribution in [0.2, 0.25) is 0 Å². The number of aryl methyl sites for hydroxylation is 2. The van der Waals surface area contributed by atoms with E-state index in [1.807, 2.05) is 12.1 Å². The molecular weight excluding hydrogens is 344 g/mol. The summed E-state index contributed by atoms with van der Waals surface area (Å²) in [7, 11) is 1.59. The zero-order chi connectivity index (χ0) is 18.1. The summed E-state index contributed by atoms with van der Waals surface area (Å²) in [5.41, 5.74) is 4.39. The Kier molecular flexibility index (Phi) is 4.47. The van der Waals surface area contributed by atoms with E-state index in [0.717, 1.165) is 24.2 Å². The van der Waals surface area contributed by atoms with Crippen LogP contribution in [0.4, 0.5) is 0 Å². The third-order valence-electron chi connectivity index (χ3n) is 4.70. The van der Waals surface area contributed by atoms with Crippen molar-refractivity contribution in [3.8, 4) is 17.0 Å². The summed E-state index contributed by atoms with van der Waals surface area (Å²) in [6, 6.07) is 15.6. The number of rotatable bonds is 3. The van der Waals surface area contributed by atoms with E-state index in [4.69, 9.17) is 4.74 Å². The Bertz CT molecular complexity index is 1050. The highest BCUT2D eigenvalue weighted by molar-refractivity contribution is 7.09. The zero-order valence-corrected chi connectivity index (χ0v) is 15.7. The quantitative estimate of drug-likeness (QED) is 0.703. The lowest BCUT2D eigenvalue weighted by Gasteiger charge is -2.17. The van der Waals surface area contributed by atoms with E-state index in [2.05, 4.69) is 40.7 Å². The van der Waals surface area contributed by atoms with Gasteiger partial charge in [-0.25, -0.2) is 0 Å². The monoisotopic (exact) mass is 364 g/mol. The van der Waals surface area contributed by atoms with Gasteiger partial charge in [-0.3, -0.25) is 4.79 Å². The van der Waals surface area contributed by atoms with E-state index in [9.17, 15) is 4.79 Å². The molecule has 0 radical (unpaired) electrons. The third kappa shape index (κ3) is 2.88. The molecule has 0 fully saturated rings. The molecule has 5 heteroatoms. The van der Waals surface area contributed by atoms with E-state index >= 15 is 0 Å². The summed E-state index contributed by atoms with van der Waals surface area (Å²) < 4.78 is 7.37. The molecule has 0 N–H and O–H groups in total. The number of hydrogen-bond donors (Lipinski definition) is 0. The molecule has 0 bridgehead atoms. The summed E-state index contributed by atoms with van der Waals surface area (Å²) in [5.74, 6) is 0.423. The van der Waals surface area contributed by atoms with Crippen LogP contribution in [0, 0.1) is 0 Å².